The van der Waals surface area contributed by atoms with Gasteiger partial charge >= 0.3 is 5.97 Å². The van der Waals surface area contributed by atoms with E-state index in [1.54, 1.807) is 0 Å². The first kappa shape index (κ1) is 17.2. The molecule has 132 valence electrons. The van der Waals surface area contributed by atoms with Crippen molar-refractivity contribution in [3.8, 4) is 0 Å². The predicted octanol–water partition coefficient (Wildman–Crippen LogP) is 3.46. The van der Waals surface area contributed by atoms with Crippen molar-refractivity contribution >= 4 is 5.97 Å². The number of rotatable bonds is 7. The van der Waals surface area contributed by atoms with E-state index in [2.05, 4.69) is 13.8 Å². The summed E-state index contributed by atoms with van der Waals surface area (Å²) in [4.78, 5) is 12.8. The Labute approximate surface area is 139 Å². The summed E-state index contributed by atoms with van der Waals surface area (Å²) in [7, 11) is 0. The van der Waals surface area contributed by atoms with Crippen LogP contribution in [0.2, 0.25) is 0 Å². The molecule has 2 atom stereocenters. The molecule has 4 nitrogen and oxygen atoms in total. The minimum absolute atomic E-state index is 0.0261. The Morgan fingerprint density at radius 2 is 1.70 bits per heavy atom. The molecule has 0 aromatic carbocycles. The van der Waals surface area contributed by atoms with Crippen LogP contribution in [-0.4, -0.2) is 35.5 Å². The highest BCUT2D eigenvalue weighted by atomic mass is 16.6. The average Bonchev–Trinajstić information content (AvgIpc) is 2.50. The van der Waals surface area contributed by atoms with E-state index in [1.807, 2.05) is 6.92 Å². The molecule has 4 saturated carbocycles. The molecule has 0 heterocycles. The van der Waals surface area contributed by atoms with Crippen molar-refractivity contribution in [2.45, 2.75) is 83.3 Å². The molecule has 0 aromatic heterocycles. The molecular weight excluding hydrogens is 292 g/mol. The Morgan fingerprint density at radius 1 is 1.13 bits per heavy atom. The molecule has 0 radical (unpaired) electrons. The fourth-order valence-corrected chi connectivity index (χ4v) is 5.50. The Morgan fingerprint density at radius 3 is 2.22 bits per heavy atom. The standard InChI is InChI=1S/C19H32O4/c1-4-17(3,5-2)16(21)23-19-11-14-8-15(12-19)10-18(9-14,13-19)22-7-6-20/h14-15,20H,4-13H2,1-3H3. The third kappa shape index (κ3) is 3.05. The molecule has 0 aliphatic heterocycles. The lowest BCUT2D eigenvalue weighted by Gasteiger charge is -2.61. The highest BCUT2D eigenvalue weighted by Gasteiger charge is 2.60. The van der Waals surface area contributed by atoms with Crippen LogP contribution in [0.1, 0.15) is 72.1 Å². The number of carbonyl (C=O) groups excluding carboxylic acids is 1. The SMILES string of the molecule is CCC(C)(CC)C(=O)OC12CC3CC(CC(OCCO)(C3)C1)C2. The quantitative estimate of drug-likeness (QED) is 0.729. The van der Waals surface area contributed by atoms with Gasteiger partial charge in [-0.15, -0.1) is 0 Å². The molecule has 4 fully saturated rings. The van der Waals surface area contributed by atoms with Crippen molar-refractivity contribution in [3.63, 3.8) is 0 Å². The van der Waals surface area contributed by atoms with Crippen LogP contribution in [0.3, 0.4) is 0 Å². The third-order valence-corrected chi connectivity index (χ3v) is 6.82. The van der Waals surface area contributed by atoms with E-state index >= 15 is 0 Å². The molecule has 4 heteroatoms. The van der Waals surface area contributed by atoms with Crippen LogP contribution in [0.4, 0.5) is 0 Å². The van der Waals surface area contributed by atoms with Gasteiger partial charge in [0, 0.05) is 6.42 Å². The Hall–Kier alpha value is -0.610. The molecule has 4 bridgehead atoms. The molecule has 4 aliphatic rings. The van der Waals surface area contributed by atoms with Crippen molar-refractivity contribution < 1.29 is 19.4 Å². The van der Waals surface area contributed by atoms with Crippen LogP contribution >= 0.6 is 0 Å². The molecule has 1 N–H and O–H groups in total. The number of hydrogen-bond acceptors (Lipinski definition) is 4. The van der Waals surface area contributed by atoms with Crippen molar-refractivity contribution in [1.82, 2.24) is 0 Å². The molecule has 4 rings (SSSR count). The summed E-state index contributed by atoms with van der Waals surface area (Å²) < 4.78 is 12.3. The molecule has 0 aromatic rings. The lowest BCUT2D eigenvalue weighted by atomic mass is 9.52. The summed E-state index contributed by atoms with van der Waals surface area (Å²) in [6.07, 6.45) is 7.86. The van der Waals surface area contributed by atoms with Gasteiger partial charge in [-0.1, -0.05) is 13.8 Å². The van der Waals surface area contributed by atoms with E-state index < -0.39 is 0 Å². The van der Waals surface area contributed by atoms with Gasteiger partial charge in [-0.25, -0.2) is 0 Å². The first-order chi connectivity index (χ1) is 10.9. The second kappa shape index (κ2) is 6.03. The van der Waals surface area contributed by atoms with Crippen molar-refractivity contribution in [2.24, 2.45) is 17.3 Å². The van der Waals surface area contributed by atoms with Gasteiger partial charge in [0.15, 0.2) is 0 Å². The highest BCUT2D eigenvalue weighted by molar-refractivity contribution is 5.76. The van der Waals surface area contributed by atoms with Crippen molar-refractivity contribution in [3.05, 3.63) is 0 Å². The fourth-order valence-electron chi connectivity index (χ4n) is 5.50. The molecule has 0 spiro atoms. The highest BCUT2D eigenvalue weighted by Crippen LogP contribution is 2.60. The van der Waals surface area contributed by atoms with Gasteiger partial charge in [0.2, 0.25) is 0 Å². The normalized spacial score (nSPS) is 38.8. The lowest BCUT2D eigenvalue weighted by Crippen LogP contribution is -2.62. The Kier molecular flexibility index (Phi) is 4.52. The zero-order valence-electron chi connectivity index (χ0n) is 14.9. The number of ether oxygens (including phenoxy) is 2. The minimum Gasteiger partial charge on any atom is -0.459 e. The molecule has 4 aliphatic carbocycles. The largest absolute Gasteiger partial charge is 0.459 e. The Bertz CT molecular complexity index is 440. The van der Waals surface area contributed by atoms with Gasteiger partial charge in [-0.3, -0.25) is 4.79 Å². The monoisotopic (exact) mass is 324 g/mol. The molecular formula is C19H32O4. The summed E-state index contributed by atoms with van der Waals surface area (Å²) in [6.45, 7) is 6.61. The smallest absolute Gasteiger partial charge is 0.312 e. The van der Waals surface area contributed by atoms with Crippen LogP contribution in [0, 0.1) is 17.3 Å². The number of carbonyl (C=O) groups is 1. The minimum atomic E-state index is -0.373. The number of aliphatic hydroxyl groups excluding tert-OH is 1. The van der Waals surface area contributed by atoms with Gasteiger partial charge < -0.3 is 14.6 Å². The topological polar surface area (TPSA) is 55.8 Å². The summed E-state index contributed by atoms with van der Waals surface area (Å²) in [5, 5.41) is 9.14. The van der Waals surface area contributed by atoms with Gasteiger partial charge in [0.05, 0.1) is 24.2 Å². The predicted molar refractivity (Wildman–Crippen MR) is 88.0 cm³/mol. The summed E-state index contributed by atoms with van der Waals surface area (Å²) >= 11 is 0. The summed E-state index contributed by atoms with van der Waals surface area (Å²) in [6, 6.07) is 0. The first-order valence-electron chi connectivity index (χ1n) is 9.36. The van der Waals surface area contributed by atoms with E-state index in [0.717, 1.165) is 44.9 Å². The molecule has 2 unspecified atom stereocenters. The van der Waals surface area contributed by atoms with Gasteiger partial charge in [-0.2, -0.15) is 0 Å². The Balaban J connectivity index is 1.78. The number of hydrogen-bond donors (Lipinski definition) is 1. The summed E-state index contributed by atoms with van der Waals surface area (Å²) in [5.41, 5.74) is -0.855. The molecule has 0 saturated heterocycles. The van der Waals surface area contributed by atoms with Crippen LogP contribution in [-0.2, 0) is 14.3 Å². The molecule has 0 amide bonds. The zero-order valence-corrected chi connectivity index (χ0v) is 14.9. The zero-order chi connectivity index (χ0) is 16.7. The van der Waals surface area contributed by atoms with Gasteiger partial charge in [0.1, 0.15) is 5.60 Å². The van der Waals surface area contributed by atoms with Gasteiger partial charge in [0.25, 0.3) is 0 Å². The maximum Gasteiger partial charge on any atom is 0.312 e. The van der Waals surface area contributed by atoms with Crippen LogP contribution < -0.4 is 0 Å². The second-order valence-corrected chi connectivity index (χ2v) is 8.56. The van der Waals surface area contributed by atoms with E-state index in [4.69, 9.17) is 14.6 Å². The third-order valence-electron chi connectivity index (χ3n) is 6.82. The van der Waals surface area contributed by atoms with Crippen LogP contribution in [0.25, 0.3) is 0 Å². The van der Waals surface area contributed by atoms with E-state index in [-0.39, 0.29) is 29.2 Å². The summed E-state index contributed by atoms with van der Waals surface area (Å²) in [5.74, 6) is 1.19. The van der Waals surface area contributed by atoms with Gasteiger partial charge in [-0.05, 0) is 63.7 Å². The van der Waals surface area contributed by atoms with Crippen LogP contribution in [0.15, 0.2) is 0 Å². The maximum atomic E-state index is 12.8. The molecule has 23 heavy (non-hydrogen) atoms. The van der Waals surface area contributed by atoms with E-state index in [0.29, 0.717) is 18.4 Å². The van der Waals surface area contributed by atoms with E-state index in [1.165, 1.54) is 6.42 Å². The van der Waals surface area contributed by atoms with Crippen molar-refractivity contribution in [2.75, 3.05) is 13.2 Å². The second-order valence-electron chi connectivity index (χ2n) is 8.56. The maximum absolute atomic E-state index is 12.8. The van der Waals surface area contributed by atoms with E-state index in [9.17, 15) is 4.79 Å². The van der Waals surface area contributed by atoms with Crippen LogP contribution in [0.5, 0.6) is 0 Å². The number of aliphatic hydroxyl groups is 1. The fraction of sp³-hybridized carbons (Fsp3) is 0.947. The number of esters is 1. The van der Waals surface area contributed by atoms with Crippen molar-refractivity contribution in [1.29, 1.82) is 0 Å². The first-order valence-corrected chi connectivity index (χ1v) is 9.36. The average molecular weight is 324 g/mol. The lowest BCUT2D eigenvalue weighted by molar-refractivity contribution is -0.240.